The van der Waals surface area contributed by atoms with Crippen LogP contribution in [0.3, 0.4) is 0 Å². The van der Waals surface area contributed by atoms with Crippen LogP contribution in [-0.4, -0.2) is 30.7 Å². The first kappa shape index (κ1) is 26.3. The Morgan fingerprint density at radius 3 is 2.63 bits per heavy atom. The van der Waals surface area contributed by atoms with Crippen molar-refractivity contribution in [2.45, 2.75) is 33.2 Å². The fraction of sp³-hybridized carbons (Fsp3) is 0.269. The second-order valence-electron chi connectivity index (χ2n) is 8.36. The van der Waals surface area contributed by atoms with Gasteiger partial charge in [0.15, 0.2) is 6.61 Å². The highest BCUT2D eigenvalue weighted by molar-refractivity contribution is 6.35. The number of rotatable bonds is 10. The lowest BCUT2D eigenvalue weighted by molar-refractivity contribution is -0.130. The monoisotopic (exact) mass is 515 g/mol. The Hall–Kier alpha value is -3.29. The van der Waals surface area contributed by atoms with Crippen molar-refractivity contribution in [2.24, 2.45) is 11.0 Å². The van der Waals surface area contributed by atoms with Gasteiger partial charge < -0.3 is 14.5 Å². The largest absolute Gasteiger partial charge is 0.484 e. The molecule has 2 amide bonds. The van der Waals surface area contributed by atoms with E-state index in [0.29, 0.717) is 39.3 Å². The van der Waals surface area contributed by atoms with Crippen molar-refractivity contribution in [1.82, 2.24) is 10.7 Å². The third-order valence-electron chi connectivity index (χ3n) is 5.00. The first-order valence-electron chi connectivity index (χ1n) is 11.1. The van der Waals surface area contributed by atoms with Gasteiger partial charge in [0.05, 0.1) is 11.2 Å². The number of hydrogen-bond donors (Lipinski definition) is 2. The van der Waals surface area contributed by atoms with Crippen LogP contribution < -0.4 is 15.5 Å². The Morgan fingerprint density at radius 1 is 1.11 bits per heavy atom. The standard InChI is InChI=1S/C26H27Cl2N3O4/c1-16(2)12-22(30-25(32)15-34-23-7-5-4-6-17(23)3)26(33)31-29-14-19-9-11-24(35-19)20-13-18(27)8-10-21(20)28/h4-11,13-14,16,22H,12,15H2,1-3H3,(H,30,32)(H,31,33)/b29-14-/t22-/m1/s1. The molecule has 0 aliphatic rings. The fourth-order valence-corrected chi connectivity index (χ4v) is 3.67. The summed E-state index contributed by atoms with van der Waals surface area (Å²) in [4.78, 5) is 25.1. The maximum absolute atomic E-state index is 12.7. The molecule has 0 radical (unpaired) electrons. The number of para-hydroxylation sites is 1. The molecule has 7 nitrogen and oxygen atoms in total. The van der Waals surface area contributed by atoms with E-state index in [1.807, 2.05) is 39.0 Å². The van der Waals surface area contributed by atoms with Gasteiger partial charge in [-0.3, -0.25) is 9.59 Å². The number of carbonyl (C=O) groups is 2. The summed E-state index contributed by atoms with van der Waals surface area (Å²) in [6, 6.07) is 15.1. The van der Waals surface area contributed by atoms with Crippen molar-refractivity contribution in [3.8, 4) is 17.1 Å². The van der Waals surface area contributed by atoms with Crippen LogP contribution in [0.15, 0.2) is 64.1 Å². The summed E-state index contributed by atoms with van der Waals surface area (Å²) in [7, 11) is 0. The number of furan rings is 1. The molecule has 0 saturated heterocycles. The Balaban J connectivity index is 1.58. The lowest BCUT2D eigenvalue weighted by Gasteiger charge is -2.19. The van der Waals surface area contributed by atoms with E-state index in [9.17, 15) is 9.59 Å². The van der Waals surface area contributed by atoms with Gasteiger partial charge in [-0.2, -0.15) is 5.10 Å². The van der Waals surface area contributed by atoms with Crippen LogP contribution in [0.4, 0.5) is 0 Å². The zero-order chi connectivity index (χ0) is 25.4. The number of hydrogen-bond acceptors (Lipinski definition) is 5. The lowest BCUT2D eigenvalue weighted by Crippen LogP contribution is -2.47. The van der Waals surface area contributed by atoms with Gasteiger partial charge in [0.2, 0.25) is 0 Å². The van der Waals surface area contributed by atoms with E-state index >= 15 is 0 Å². The highest BCUT2D eigenvalue weighted by Gasteiger charge is 2.22. The topological polar surface area (TPSA) is 92.9 Å². The lowest BCUT2D eigenvalue weighted by atomic mass is 10.0. The highest BCUT2D eigenvalue weighted by Crippen LogP contribution is 2.31. The molecule has 1 aromatic heterocycles. The second kappa shape index (κ2) is 12.4. The summed E-state index contributed by atoms with van der Waals surface area (Å²) in [5.41, 5.74) is 4.03. The van der Waals surface area contributed by atoms with E-state index in [0.717, 1.165) is 5.56 Å². The molecule has 2 aromatic carbocycles. The zero-order valence-electron chi connectivity index (χ0n) is 19.7. The Morgan fingerprint density at radius 2 is 1.89 bits per heavy atom. The number of benzene rings is 2. The average Bonchev–Trinajstić information content (AvgIpc) is 3.28. The predicted octanol–water partition coefficient (Wildman–Crippen LogP) is 5.62. The molecular weight excluding hydrogens is 489 g/mol. The summed E-state index contributed by atoms with van der Waals surface area (Å²) in [5, 5.41) is 7.72. The van der Waals surface area contributed by atoms with Crippen LogP contribution in [-0.2, 0) is 9.59 Å². The first-order chi connectivity index (χ1) is 16.7. The molecular formula is C26H27Cl2N3O4. The highest BCUT2D eigenvalue weighted by atomic mass is 35.5. The minimum atomic E-state index is -0.766. The summed E-state index contributed by atoms with van der Waals surface area (Å²) in [6.45, 7) is 5.62. The van der Waals surface area contributed by atoms with Crippen molar-refractivity contribution in [3.05, 3.63) is 76.0 Å². The normalized spacial score (nSPS) is 12.1. The van der Waals surface area contributed by atoms with Crippen LogP contribution in [0.1, 0.15) is 31.6 Å². The van der Waals surface area contributed by atoms with E-state index in [-0.39, 0.29) is 12.5 Å². The van der Waals surface area contributed by atoms with Crippen LogP contribution in [0.2, 0.25) is 10.0 Å². The SMILES string of the molecule is Cc1ccccc1OCC(=O)N[C@H](CC(C)C)C(=O)N/N=C\c1ccc(-c2cc(Cl)ccc2Cl)o1. The first-order valence-corrected chi connectivity index (χ1v) is 11.8. The van der Waals surface area contributed by atoms with Gasteiger partial charge in [-0.1, -0.05) is 55.2 Å². The summed E-state index contributed by atoms with van der Waals surface area (Å²) < 4.78 is 11.3. The molecule has 0 bridgehead atoms. The molecule has 35 heavy (non-hydrogen) atoms. The van der Waals surface area contributed by atoms with Crippen molar-refractivity contribution in [2.75, 3.05) is 6.61 Å². The number of halogens is 2. The zero-order valence-corrected chi connectivity index (χ0v) is 21.2. The molecule has 1 atom stereocenters. The quantitative estimate of drug-likeness (QED) is 0.270. The smallest absolute Gasteiger partial charge is 0.262 e. The maximum Gasteiger partial charge on any atom is 0.262 e. The minimum Gasteiger partial charge on any atom is -0.484 e. The van der Waals surface area contributed by atoms with E-state index in [1.165, 1.54) is 6.21 Å². The molecule has 9 heteroatoms. The van der Waals surface area contributed by atoms with Gasteiger partial charge in [-0.05, 0) is 61.2 Å². The van der Waals surface area contributed by atoms with E-state index < -0.39 is 17.9 Å². The summed E-state index contributed by atoms with van der Waals surface area (Å²) in [6.07, 6.45) is 1.81. The van der Waals surface area contributed by atoms with Gasteiger partial charge in [0.1, 0.15) is 23.3 Å². The van der Waals surface area contributed by atoms with Gasteiger partial charge in [-0.15, -0.1) is 0 Å². The predicted molar refractivity (Wildman–Crippen MR) is 138 cm³/mol. The van der Waals surface area contributed by atoms with Crippen molar-refractivity contribution in [3.63, 3.8) is 0 Å². The molecule has 3 aromatic rings. The van der Waals surface area contributed by atoms with Crippen molar-refractivity contribution >= 4 is 41.2 Å². The van der Waals surface area contributed by atoms with Gasteiger partial charge in [0.25, 0.3) is 11.8 Å². The van der Waals surface area contributed by atoms with Crippen LogP contribution in [0, 0.1) is 12.8 Å². The number of carbonyl (C=O) groups excluding carboxylic acids is 2. The molecule has 184 valence electrons. The number of hydrazone groups is 1. The Kier molecular flexibility index (Phi) is 9.34. The number of nitrogens with one attached hydrogen (secondary N) is 2. The molecule has 2 N–H and O–H groups in total. The molecule has 0 unspecified atom stereocenters. The maximum atomic E-state index is 12.7. The second-order valence-corrected chi connectivity index (χ2v) is 9.21. The average molecular weight is 516 g/mol. The molecule has 0 spiro atoms. The van der Waals surface area contributed by atoms with Crippen LogP contribution in [0.5, 0.6) is 5.75 Å². The minimum absolute atomic E-state index is 0.169. The fourth-order valence-electron chi connectivity index (χ4n) is 3.29. The number of amides is 2. The van der Waals surface area contributed by atoms with Crippen molar-refractivity contribution < 1.29 is 18.7 Å². The number of aryl methyl sites for hydroxylation is 1. The summed E-state index contributed by atoms with van der Waals surface area (Å²) >= 11 is 12.3. The van der Waals surface area contributed by atoms with Crippen LogP contribution >= 0.6 is 23.2 Å². The summed E-state index contributed by atoms with van der Waals surface area (Å²) in [5.74, 6) is 0.878. The third kappa shape index (κ3) is 7.87. The molecule has 3 rings (SSSR count). The third-order valence-corrected chi connectivity index (χ3v) is 5.56. The molecule has 0 aliphatic carbocycles. The van der Waals surface area contributed by atoms with Gasteiger partial charge >= 0.3 is 0 Å². The Labute approximate surface area is 214 Å². The number of ether oxygens (including phenoxy) is 1. The van der Waals surface area contributed by atoms with E-state index in [4.69, 9.17) is 32.4 Å². The Bertz CT molecular complexity index is 1210. The van der Waals surface area contributed by atoms with Crippen LogP contribution in [0.25, 0.3) is 11.3 Å². The van der Waals surface area contributed by atoms with E-state index in [2.05, 4.69) is 15.8 Å². The number of nitrogens with zero attached hydrogens (tertiary/aromatic N) is 1. The molecule has 0 aliphatic heterocycles. The van der Waals surface area contributed by atoms with Gasteiger partial charge in [-0.25, -0.2) is 5.43 Å². The molecule has 0 saturated carbocycles. The molecule has 1 heterocycles. The van der Waals surface area contributed by atoms with Gasteiger partial charge in [0, 0.05) is 10.6 Å². The van der Waals surface area contributed by atoms with E-state index in [1.54, 1.807) is 36.4 Å². The van der Waals surface area contributed by atoms with Crippen molar-refractivity contribution in [1.29, 1.82) is 0 Å². The molecule has 0 fully saturated rings.